The molecule has 0 aliphatic carbocycles. The molecule has 1 aromatic heterocycles. The fraction of sp³-hybridized carbons (Fsp3) is 0.231. The summed E-state index contributed by atoms with van der Waals surface area (Å²) in [4.78, 5) is 10.9. The fourth-order valence-corrected chi connectivity index (χ4v) is 1.80. The molecular weight excluding hydrogens is 268 g/mol. The van der Waals surface area contributed by atoms with E-state index in [0.717, 1.165) is 5.56 Å². The van der Waals surface area contributed by atoms with Crippen molar-refractivity contribution >= 4 is 17.6 Å². The molecule has 0 aliphatic rings. The van der Waals surface area contributed by atoms with Gasteiger partial charge in [0.25, 0.3) is 0 Å². The van der Waals surface area contributed by atoms with Gasteiger partial charge in [-0.3, -0.25) is 4.68 Å². The number of rotatable bonds is 4. The standard InChI is InChI=1S/C13H13ClN2O3/c1-8(13(17)18)19-12-4-3-10(14)5-11(12)9-6-15-16(2)7-9/h3-8H,1-2H3,(H,17,18). The van der Waals surface area contributed by atoms with E-state index in [1.165, 1.54) is 6.92 Å². The van der Waals surface area contributed by atoms with E-state index >= 15 is 0 Å². The largest absolute Gasteiger partial charge is 0.479 e. The number of hydrogen-bond donors (Lipinski definition) is 1. The van der Waals surface area contributed by atoms with Gasteiger partial charge in [0.15, 0.2) is 6.10 Å². The van der Waals surface area contributed by atoms with Gasteiger partial charge < -0.3 is 9.84 Å². The molecule has 0 aliphatic heterocycles. The fourth-order valence-electron chi connectivity index (χ4n) is 1.63. The van der Waals surface area contributed by atoms with Gasteiger partial charge in [0, 0.05) is 29.4 Å². The van der Waals surface area contributed by atoms with Crippen LogP contribution >= 0.6 is 11.6 Å². The lowest BCUT2D eigenvalue weighted by atomic mass is 10.1. The summed E-state index contributed by atoms with van der Waals surface area (Å²) in [5.41, 5.74) is 1.53. The highest BCUT2D eigenvalue weighted by molar-refractivity contribution is 6.31. The third-order valence-electron chi connectivity index (χ3n) is 2.61. The minimum Gasteiger partial charge on any atom is -0.479 e. The average molecular weight is 281 g/mol. The number of halogens is 1. The molecule has 6 heteroatoms. The lowest BCUT2D eigenvalue weighted by molar-refractivity contribution is -0.144. The van der Waals surface area contributed by atoms with Gasteiger partial charge in [-0.05, 0) is 25.1 Å². The number of aliphatic carboxylic acids is 1. The van der Waals surface area contributed by atoms with Crippen molar-refractivity contribution in [2.45, 2.75) is 13.0 Å². The molecule has 1 atom stereocenters. The van der Waals surface area contributed by atoms with E-state index < -0.39 is 12.1 Å². The maximum atomic E-state index is 10.9. The molecule has 1 N–H and O–H groups in total. The second kappa shape index (κ2) is 5.32. The summed E-state index contributed by atoms with van der Waals surface area (Å²) in [7, 11) is 1.80. The number of carboxylic acids is 1. The predicted octanol–water partition coefficient (Wildman–Crippen LogP) is 2.59. The normalized spacial score (nSPS) is 12.2. The summed E-state index contributed by atoms with van der Waals surface area (Å²) in [6.45, 7) is 1.48. The van der Waals surface area contributed by atoms with Gasteiger partial charge in [0.1, 0.15) is 5.75 Å². The minimum absolute atomic E-state index is 0.465. The minimum atomic E-state index is -1.02. The highest BCUT2D eigenvalue weighted by atomic mass is 35.5. The number of ether oxygens (including phenoxy) is 1. The Morgan fingerprint density at radius 3 is 2.84 bits per heavy atom. The van der Waals surface area contributed by atoms with Crippen molar-refractivity contribution in [1.82, 2.24) is 9.78 Å². The van der Waals surface area contributed by atoms with Crippen LogP contribution in [0.5, 0.6) is 5.75 Å². The summed E-state index contributed by atoms with van der Waals surface area (Å²) < 4.78 is 7.08. The number of aromatic nitrogens is 2. The molecule has 0 radical (unpaired) electrons. The average Bonchev–Trinajstić information content (AvgIpc) is 2.77. The topological polar surface area (TPSA) is 64.4 Å². The Morgan fingerprint density at radius 1 is 1.53 bits per heavy atom. The van der Waals surface area contributed by atoms with E-state index in [1.807, 2.05) is 6.20 Å². The van der Waals surface area contributed by atoms with Crippen molar-refractivity contribution in [2.24, 2.45) is 7.05 Å². The summed E-state index contributed by atoms with van der Waals surface area (Å²) >= 11 is 5.97. The number of carbonyl (C=O) groups is 1. The first-order valence-electron chi connectivity index (χ1n) is 5.65. The van der Waals surface area contributed by atoms with E-state index in [9.17, 15) is 4.79 Å². The predicted molar refractivity (Wildman–Crippen MR) is 71.4 cm³/mol. The zero-order valence-corrected chi connectivity index (χ0v) is 11.3. The number of aryl methyl sites for hydroxylation is 1. The van der Waals surface area contributed by atoms with E-state index in [4.69, 9.17) is 21.4 Å². The number of nitrogens with zero attached hydrogens (tertiary/aromatic N) is 2. The quantitative estimate of drug-likeness (QED) is 0.935. The van der Waals surface area contributed by atoms with Crippen molar-refractivity contribution in [1.29, 1.82) is 0 Å². The van der Waals surface area contributed by atoms with Gasteiger partial charge in [0.2, 0.25) is 0 Å². The molecule has 1 unspecified atom stereocenters. The van der Waals surface area contributed by atoms with Crippen molar-refractivity contribution in [3.63, 3.8) is 0 Å². The SMILES string of the molecule is CC(Oc1ccc(Cl)cc1-c1cnn(C)c1)C(=O)O. The molecule has 5 nitrogen and oxygen atoms in total. The van der Waals surface area contributed by atoms with Crippen LogP contribution in [0.3, 0.4) is 0 Å². The number of benzene rings is 1. The Kier molecular flexibility index (Phi) is 3.76. The lowest BCUT2D eigenvalue weighted by Crippen LogP contribution is -2.23. The van der Waals surface area contributed by atoms with Crippen molar-refractivity contribution < 1.29 is 14.6 Å². The smallest absolute Gasteiger partial charge is 0.344 e. The maximum Gasteiger partial charge on any atom is 0.344 e. The van der Waals surface area contributed by atoms with Gasteiger partial charge in [-0.25, -0.2) is 4.79 Å². The van der Waals surface area contributed by atoms with Crippen LogP contribution in [-0.2, 0) is 11.8 Å². The summed E-state index contributed by atoms with van der Waals surface area (Å²) in [6.07, 6.45) is 2.55. The molecule has 0 bridgehead atoms. The first kappa shape index (κ1) is 13.4. The molecule has 0 saturated carbocycles. The van der Waals surface area contributed by atoms with E-state index in [-0.39, 0.29) is 0 Å². The van der Waals surface area contributed by atoms with Crippen LogP contribution in [0.4, 0.5) is 0 Å². The molecule has 0 fully saturated rings. The van der Waals surface area contributed by atoms with Gasteiger partial charge in [-0.2, -0.15) is 5.10 Å². The Hall–Kier alpha value is -2.01. The molecular formula is C13H13ClN2O3. The molecule has 0 saturated heterocycles. The number of hydrogen-bond acceptors (Lipinski definition) is 3. The Labute approximate surface area is 115 Å². The van der Waals surface area contributed by atoms with Crippen molar-refractivity contribution in [2.75, 3.05) is 0 Å². The van der Waals surface area contributed by atoms with Crippen LogP contribution in [0, 0.1) is 0 Å². The molecule has 2 rings (SSSR count). The van der Waals surface area contributed by atoms with E-state index in [1.54, 1.807) is 36.1 Å². The molecule has 1 heterocycles. The van der Waals surface area contributed by atoms with Crippen LogP contribution in [-0.4, -0.2) is 27.0 Å². The Morgan fingerprint density at radius 2 is 2.26 bits per heavy atom. The van der Waals surface area contributed by atoms with Gasteiger partial charge in [-0.1, -0.05) is 11.6 Å². The summed E-state index contributed by atoms with van der Waals surface area (Å²) in [5.74, 6) is -0.556. The third-order valence-corrected chi connectivity index (χ3v) is 2.84. The maximum absolute atomic E-state index is 10.9. The van der Waals surface area contributed by atoms with E-state index in [0.29, 0.717) is 16.3 Å². The Bertz CT molecular complexity index is 610. The second-order valence-electron chi connectivity index (χ2n) is 4.14. The van der Waals surface area contributed by atoms with Gasteiger partial charge >= 0.3 is 5.97 Å². The lowest BCUT2D eigenvalue weighted by Gasteiger charge is -2.14. The zero-order chi connectivity index (χ0) is 14.0. The molecule has 100 valence electrons. The molecule has 19 heavy (non-hydrogen) atoms. The van der Waals surface area contributed by atoms with Crippen molar-refractivity contribution in [3.05, 3.63) is 35.6 Å². The third kappa shape index (κ3) is 3.06. The van der Waals surface area contributed by atoms with Crippen LogP contribution in [0.2, 0.25) is 5.02 Å². The van der Waals surface area contributed by atoms with Gasteiger partial charge in [-0.15, -0.1) is 0 Å². The summed E-state index contributed by atoms with van der Waals surface area (Å²) in [6, 6.07) is 5.04. The van der Waals surface area contributed by atoms with Crippen LogP contribution in [0.25, 0.3) is 11.1 Å². The van der Waals surface area contributed by atoms with Crippen LogP contribution in [0.15, 0.2) is 30.6 Å². The van der Waals surface area contributed by atoms with Crippen LogP contribution in [0.1, 0.15) is 6.92 Å². The molecule has 1 aromatic carbocycles. The first-order chi connectivity index (χ1) is 8.97. The zero-order valence-electron chi connectivity index (χ0n) is 10.5. The summed E-state index contributed by atoms with van der Waals surface area (Å²) in [5, 5.41) is 13.5. The Balaban J connectivity index is 2.41. The van der Waals surface area contributed by atoms with Crippen molar-refractivity contribution in [3.8, 4) is 16.9 Å². The van der Waals surface area contributed by atoms with Crippen LogP contribution < -0.4 is 4.74 Å². The first-order valence-corrected chi connectivity index (χ1v) is 6.03. The monoisotopic (exact) mass is 280 g/mol. The molecule has 0 spiro atoms. The highest BCUT2D eigenvalue weighted by Gasteiger charge is 2.16. The molecule has 0 amide bonds. The highest BCUT2D eigenvalue weighted by Crippen LogP contribution is 2.32. The van der Waals surface area contributed by atoms with Gasteiger partial charge in [0.05, 0.1) is 6.20 Å². The number of carboxylic acid groups (broad SMARTS) is 1. The van der Waals surface area contributed by atoms with E-state index in [2.05, 4.69) is 5.10 Å². The second-order valence-corrected chi connectivity index (χ2v) is 4.58. The molecule has 2 aromatic rings.